The fourth-order valence-corrected chi connectivity index (χ4v) is 0.788. The first-order valence-corrected chi connectivity index (χ1v) is 7.55. The molecule has 0 radical (unpaired) electrons. The predicted octanol–water partition coefficient (Wildman–Crippen LogP) is 6.30. The summed E-state index contributed by atoms with van der Waals surface area (Å²) in [5, 5.41) is 0. The molecule has 1 rings (SSSR count). The Morgan fingerprint density at radius 1 is 1.00 bits per heavy atom. The molecule has 112 valence electrons. The lowest BCUT2D eigenvalue weighted by Crippen LogP contribution is -1.90. The van der Waals surface area contributed by atoms with Gasteiger partial charge in [-0.3, -0.25) is 4.79 Å². The van der Waals surface area contributed by atoms with Crippen molar-refractivity contribution in [3.63, 3.8) is 0 Å². The van der Waals surface area contributed by atoms with Crippen molar-refractivity contribution in [2.45, 2.75) is 68.7 Å². The summed E-state index contributed by atoms with van der Waals surface area (Å²) in [6.45, 7) is 18.2. The van der Waals surface area contributed by atoms with Gasteiger partial charge in [-0.2, -0.15) is 0 Å². The van der Waals surface area contributed by atoms with E-state index in [-0.39, 0.29) is 5.78 Å². The molecule has 19 heavy (non-hydrogen) atoms. The van der Waals surface area contributed by atoms with E-state index in [1.165, 1.54) is 12.0 Å². The maximum Gasteiger partial charge on any atom is 0.159 e. The Morgan fingerprint density at radius 2 is 1.32 bits per heavy atom. The van der Waals surface area contributed by atoms with Gasteiger partial charge in [-0.05, 0) is 19.8 Å². The standard InChI is InChI=1S/C9H10O.C5H12.2C2H6/c1-7-3-5-9(6-4-7)8(2)10;1-4-5(2)3;2*1-2/h3-6H,1-2H3;5H,4H2,1-3H3;2*1-2H3. The normalized spacial score (nSPS) is 8.11. The van der Waals surface area contributed by atoms with Crippen LogP contribution in [0.5, 0.6) is 0 Å². The zero-order chi connectivity index (χ0) is 15.8. The lowest BCUT2D eigenvalue weighted by atomic mass is 10.1. The van der Waals surface area contributed by atoms with Gasteiger partial charge in [0.05, 0.1) is 0 Å². The molecule has 0 aromatic heterocycles. The molecule has 0 aliphatic carbocycles. The summed E-state index contributed by atoms with van der Waals surface area (Å²) in [7, 11) is 0. The van der Waals surface area contributed by atoms with E-state index in [2.05, 4.69) is 20.8 Å². The highest BCUT2D eigenvalue weighted by atomic mass is 16.1. The van der Waals surface area contributed by atoms with Crippen molar-refractivity contribution in [1.29, 1.82) is 0 Å². The van der Waals surface area contributed by atoms with Crippen LogP contribution in [0.2, 0.25) is 0 Å². The molecule has 0 saturated carbocycles. The van der Waals surface area contributed by atoms with E-state index in [1.807, 2.05) is 58.9 Å². The summed E-state index contributed by atoms with van der Waals surface area (Å²) < 4.78 is 0. The molecule has 1 aromatic carbocycles. The molecule has 0 atom stereocenters. The lowest BCUT2D eigenvalue weighted by molar-refractivity contribution is 0.101. The fraction of sp³-hybridized carbons (Fsp3) is 0.611. The highest BCUT2D eigenvalue weighted by molar-refractivity contribution is 5.93. The third-order valence-corrected chi connectivity index (χ3v) is 2.27. The molecular formula is C18H34O. The van der Waals surface area contributed by atoms with Crippen molar-refractivity contribution < 1.29 is 4.79 Å². The monoisotopic (exact) mass is 266 g/mol. The summed E-state index contributed by atoms with van der Waals surface area (Å²) in [6.07, 6.45) is 1.31. The molecular weight excluding hydrogens is 232 g/mol. The first-order valence-electron chi connectivity index (χ1n) is 7.55. The summed E-state index contributed by atoms with van der Waals surface area (Å²) in [6, 6.07) is 7.57. The summed E-state index contributed by atoms with van der Waals surface area (Å²) in [5.41, 5.74) is 1.97. The zero-order valence-electron chi connectivity index (χ0n) is 14.5. The molecule has 0 amide bonds. The lowest BCUT2D eigenvalue weighted by Gasteiger charge is -1.93. The van der Waals surface area contributed by atoms with E-state index in [0.29, 0.717) is 0 Å². The van der Waals surface area contributed by atoms with E-state index in [9.17, 15) is 4.79 Å². The number of carbonyl (C=O) groups excluding carboxylic acids is 1. The minimum atomic E-state index is 0.125. The molecule has 0 heterocycles. The molecule has 0 aliphatic rings. The quantitative estimate of drug-likeness (QED) is 0.574. The van der Waals surface area contributed by atoms with Crippen molar-refractivity contribution in [3.8, 4) is 0 Å². The number of benzene rings is 1. The second kappa shape index (κ2) is 16.9. The van der Waals surface area contributed by atoms with Gasteiger partial charge in [0.25, 0.3) is 0 Å². The van der Waals surface area contributed by atoms with Crippen LogP contribution in [0.3, 0.4) is 0 Å². The zero-order valence-corrected chi connectivity index (χ0v) is 14.5. The molecule has 1 heteroatoms. The number of Topliss-reactive ketones (excluding diaryl/α,β-unsaturated/α-hetero) is 1. The topological polar surface area (TPSA) is 17.1 Å². The number of rotatable bonds is 2. The Morgan fingerprint density at radius 3 is 1.53 bits per heavy atom. The maximum absolute atomic E-state index is 10.8. The molecule has 1 aromatic rings. The number of hydrogen-bond acceptors (Lipinski definition) is 1. The van der Waals surface area contributed by atoms with Gasteiger partial charge in [-0.1, -0.05) is 84.7 Å². The van der Waals surface area contributed by atoms with E-state index < -0.39 is 0 Å². The van der Waals surface area contributed by atoms with Gasteiger partial charge in [0.2, 0.25) is 0 Å². The third-order valence-electron chi connectivity index (χ3n) is 2.27. The number of hydrogen-bond donors (Lipinski definition) is 0. The summed E-state index contributed by atoms with van der Waals surface area (Å²) >= 11 is 0. The molecule has 0 fully saturated rings. The molecule has 0 N–H and O–H groups in total. The number of aryl methyl sites for hydroxylation is 1. The van der Waals surface area contributed by atoms with Crippen LogP contribution in [0.15, 0.2) is 24.3 Å². The predicted molar refractivity (Wildman–Crippen MR) is 89.0 cm³/mol. The summed E-state index contributed by atoms with van der Waals surface area (Å²) in [5.74, 6) is 1.01. The van der Waals surface area contributed by atoms with Gasteiger partial charge in [0.1, 0.15) is 0 Å². The smallest absolute Gasteiger partial charge is 0.159 e. The second-order valence-electron chi connectivity index (χ2n) is 4.22. The number of ketones is 1. The van der Waals surface area contributed by atoms with Gasteiger partial charge in [0.15, 0.2) is 5.78 Å². The van der Waals surface area contributed by atoms with Gasteiger partial charge < -0.3 is 0 Å². The van der Waals surface area contributed by atoms with Gasteiger partial charge >= 0.3 is 0 Å². The highest BCUT2D eigenvalue weighted by Gasteiger charge is 1.95. The Bertz CT molecular complexity index is 283. The van der Waals surface area contributed by atoms with Crippen LogP contribution in [-0.4, -0.2) is 5.78 Å². The van der Waals surface area contributed by atoms with Gasteiger partial charge in [0, 0.05) is 5.56 Å². The van der Waals surface area contributed by atoms with Crippen molar-refractivity contribution in [3.05, 3.63) is 35.4 Å². The van der Waals surface area contributed by atoms with Crippen LogP contribution < -0.4 is 0 Å². The van der Waals surface area contributed by atoms with Crippen molar-refractivity contribution in [2.24, 2.45) is 5.92 Å². The van der Waals surface area contributed by atoms with Crippen LogP contribution in [0, 0.1) is 12.8 Å². The van der Waals surface area contributed by atoms with Crippen LogP contribution in [0.25, 0.3) is 0 Å². The molecule has 1 nitrogen and oxygen atoms in total. The third kappa shape index (κ3) is 16.9. The Kier molecular flexibility index (Phi) is 20.5. The maximum atomic E-state index is 10.8. The van der Waals surface area contributed by atoms with E-state index in [0.717, 1.165) is 11.5 Å². The largest absolute Gasteiger partial charge is 0.295 e. The molecule has 0 aliphatic heterocycles. The van der Waals surface area contributed by atoms with Crippen LogP contribution in [0.4, 0.5) is 0 Å². The second-order valence-corrected chi connectivity index (χ2v) is 4.22. The van der Waals surface area contributed by atoms with Crippen LogP contribution >= 0.6 is 0 Å². The minimum Gasteiger partial charge on any atom is -0.295 e. The van der Waals surface area contributed by atoms with Crippen molar-refractivity contribution in [2.75, 3.05) is 0 Å². The first-order chi connectivity index (χ1) is 8.97. The SMILES string of the molecule is CC.CC.CC(=O)c1ccc(C)cc1.CCC(C)C. The van der Waals surface area contributed by atoms with Crippen molar-refractivity contribution >= 4 is 5.78 Å². The minimum absolute atomic E-state index is 0.125. The molecule has 0 saturated heterocycles. The molecule has 0 bridgehead atoms. The van der Waals surface area contributed by atoms with Crippen LogP contribution in [0.1, 0.15) is 77.7 Å². The average molecular weight is 266 g/mol. The molecule has 0 unspecified atom stereocenters. The number of carbonyl (C=O) groups is 1. The Balaban J connectivity index is -0.000000242. The van der Waals surface area contributed by atoms with Gasteiger partial charge in [-0.25, -0.2) is 0 Å². The highest BCUT2D eigenvalue weighted by Crippen LogP contribution is 2.02. The Hall–Kier alpha value is -1.11. The van der Waals surface area contributed by atoms with E-state index in [4.69, 9.17) is 0 Å². The van der Waals surface area contributed by atoms with E-state index >= 15 is 0 Å². The van der Waals surface area contributed by atoms with Crippen molar-refractivity contribution in [1.82, 2.24) is 0 Å². The first kappa shape index (κ1) is 23.0. The summed E-state index contributed by atoms with van der Waals surface area (Å²) in [4.78, 5) is 10.8. The molecule has 0 spiro atoms. The van der Waals surface area contributed by atoms with Crippen LogP contribution in [-0.2, 0) is 0 Å². The van der Waals surface area contributed by atoms with Gasteiger partial charge in [-0.15, -0.1) is 0 Å². The average Bonchev–Trinajstić information content (AvgIpc) is 2.44. The fourth-order valence-electron chi connectivity index (χ4n) is 0.788. The van der Waals surface area contributed by atoms with E-state index in [1.54, 1.807) is 6.92 Å². The Labute approximate surface area is 121 Å².